The number of benzene rings is 1. The molecule has 0 saturated carbocycles. The summed E-state index contributed by atoms with van der Waals surface area (Å²) in [6, 6.07) is 9.01. The zero-order valence-corrected chi connectivity index (χ0v) is 11.3. The van der Waals surface area contributed by atoms with E-state index in [-0.39, 0.29) is 17.5 Å². The van der Waals surface area contributed by atoms with E-state index in [2.05, 4.69) is 4.74 Å². The third-order valence-corrected chi connectivity index (χ3v) is 4.19. The molecular weight excluding hydrogens is 256 g/mol. The highest BCUT2D eigenvalue weighted by atomic mass is 32.2. The van der Waals surface area contributed by atoms with Gasteiger partial charge in [-0.3, -0.25) is 9.90 Å². The topological polar surface area (TPSA) is 46.2 Å². The van der Waals surface area contributed by atoms with Crippen LogP contribution in [0.1, 0.15) is 5.56 Å². The third-order valence-electron chi connectivity index (χ3n) is 1.96. The number of thioether (sulfide) groups is 2. The molecule has 0 aliphatic heterocycles. The molecular formula is C12H13O3S2. The number of ether oxygens (including phenoxy) is 1. The van der Waals surface area contributed by atoms with E-state index in [4.69, 9.17) is 0 Å². The minimum absolute atomic E-state index is 0.0491. The number of hydrogen-bond acceptors (Lipinski definition) is 4. The minimum Gasteiger partial charge on any atom is -0.468 e. The van der Waals surface area contributed by atoms with Gasteiger partial charge >= 0.3 is 5.97 Å². The number of carbonyl (C=O) groups excluding carboxylic acids is 1. The first-order chi connectivity index (χ1) is 8.19. The van der Waals surface area contributed by atoms with Crippen LogP contribution in [-0.2, 0) is 14.6 Å². The smallest absolute Gasteiger partial charge is 0.316 e. The molecule has 0 fully saturated rings. The lowest BCUT2D eigenvalue weighted by molar-refractivity contribution is -0.137. The summed E-state index contributed by atoms with van der Waals surface area (Å²) < 4.78 is 5.14. The van der Waals surface area contributed by atoms with Gasteiger partial charge in [0.05, 0.1) is 17.1 Å². The van der Waals surface area contributed by atoms with Crippen molar-refractivity contribution in [1.82, 2.24) is 0 Å². The van der Waals surface area contributed by atoms with Gasteiger partial charge in [0, 0.05) is 5.56 Å². The maximum atomic E-state index is 12.0. The maximum Gasteiger partial charge on any atom is 0.316 e. The van der Waals surface area contributed by atoms with Gasteiger partial charge in [-0.1, -0.05) is 30.3 Å². The summed E-state index contributed by atoms with van der Waals surface area (Å²) in [6.45, 7) is 0. The van der Waals surface area contributed by atoms with Crippen molar-refractivity contribution in [3.63, 3.8) is 0 Å². The van der Waals surface area contributed by atoms with Crippen molar-refractivity contribution in [3.05, 3.63) is 40.1 Å². The Morgan fingerprint density at radius 3 is 2.47 bits per heavy atom. The molecule has 0 heterocycles. The molecule has 0 aromatic heterocycles. The normalized spacial score (nSPS) is 11.9. The Morgan fingerprint density at radius 1 is 1.29 bits per heavy atom. The van der Waals surface area contributed by atoms with E-state index in [9.17, 15) is 9.90 Å². The van der Waals surface area contributed by atoms with Gasteiger partial charge in [0.25, 0.3) is 0 Å². The highest BCUT2D eigenvalue weighted by Crippen LogP contribution is 2.33. The third kappa shape index (κ3) is 4.36. The van der Waals surface area contributed by atoms with Crippen molar-refractivity contribution >= 4 is 35.3 Å². The predicted octanol–water partition coefficient (Wildman–Crippen LogP) is 3.01. The summed E-state index contributed by atoms with van der Waals surface area (Å²) in [5, 5.41) is 12.0. The highest BCUT2D eigenvalue weighted by Gasteiger charge is 2.12. The van der Waals surface area contributed by atoms with Crippen LogP contribution in [-0.4, -0.2) is 25.1 Å². The Kier molecular flexibility index (Phi) is 6.00. The minimum atomic E-state index is -0.331. The van der Waals surface area contributed by atoms with Crippen LogP contribution in [0.4, 0.5) is 0 Å². The Morgan fingerprint density at radius 2 is 1.94 bits per heavy atom. The van der Waals surface area contributed by atoms with Crippen molar-refractivity contribution in [2.75, 3.05) is 19.1 Å². The van der Waals surface area contributed by atoms with Gasteiger partial charge in [-0.05, 0) is 6.26 Å². The Bertz CT molecular complexity index is 401. The lowest BCUT2D eigenvalue weighted by Crippen LogP contribution is -2.03. The number of carbonyl (C=O) groups is 1. The molecule has 91 valence electrons. The van der Waals surface area contributed by atoms with E-state index in [1.165, 1.54) is 30.6 Å². The molecule has 1 rings (SSSR count). The maximum absolute atomic E-state index is 12.0. The monoisotopic (exact) mass is 269 g/mol. The van der Waals surface area contributed by atoms with Gasteiger partial charge in [0.2, 0.25) is 5.76 Å². The quantitative estimate of drug-likeness (QED) is 0.609. The second kappa shape index (κ2) is 7.29. The highest BCUT2D eigenvalue weighted by molar-refractivity contribution is 8.22. The van der Waals surface area contributed by atoms with Gasteiger partial charge in [0.15, 0.2) is 0 Å². The van der Waals surface area contributed by atoms with Gasteiger partial charge in [-0.15, -0.1) is 23.5 Å². The van der Waals surface area contributed by atoms with E-state index in [0.717, 1.165) is 0 Å². The Labute approximate surface area is 109 Å². The van der Waals surface area contributed by atoms with Gasteiger partial charge in [0.1, 0.15) is 0 Å². The zero-order chi connectivity index (χ0) is 12.7. The zero-order valence-electron chi connectivity index (χ0n) is 9.64. The van der Waals surface area contributed by atoms with E-state index >= 15 is 0 Å². The second-order valence-electron chi connectivity index (χ2n) is 3.05. The molecule has 0 unspecified atom stereocenters. The molecule has 1 aromatic carbocycles. The molecule has 17 heavy (non-hydrogen) atoms. The fourth-order valence-corrected chi connectivity index (χ4v) is 2.68. The van der Waals surface area contributed by atoms with Gasteiger partial charge in [-0.25, -0.2) is 0 Å². The molecule has 1 aromatic rings. The number of esters is 1. The van der Waals surface area contributed by atoms with E-state index in [1.807, 2.05) is 24.5 Å². The summed E-state index contributed by atoms with van der Waals surface area (Å²) in [5.41, 5.74) is 0.634. The van der Waals surface area contributed by atoms with Gasteiger partial charge in [-0.2, -0.15) is 0 Å². The van der Waals surface area contributed by atoms with Crippen LogP contribution < -0.4 is 0 Å². The first-order valence-corrected chi connectivity index (χ1v) is 7.10. The van der Waals surface area contributed by atoms with E-state index < -0.39 is 0 Å². The molecule has 0 atom stereocenters. The van der Waals surface area contributed by atoms with Crippen LogP contribution in [0.25, 0.3) is 5.76 Å². The van der Waals surface area contributed by atoms with Crippen LogP contribution >= 0.6 is 23.5 Å². The first-order valence-electron chi connectivity index (χ1n) is 4.89. The molecule has 0 aliphatic rings. The molecule has 3 nitrogen and oxygen atoms in total. The van der Waals surface area contributed by atoms with Crippen LogP contribution in [0.15, 0.2) is 34.6 Å². The molecule has 0 aliphatic carbocycles. The van der Waals surface area contributed by atoms with Crippen LogP contribution in [0, 0.1) is 0 Å². The molecule has 5 heteroatoms. The molecule has 0 bridgehead atoms. The summed E-state index contributed by atoms with van der Waals surface area (Å²) in [4.78, 5) is 11.0. The molecule has 0 spiro atoms. The lowest BCUT2D eigenvalue weighted by Gasteiger charge is -2.05. The molecule has 0 N–H and O–H groups in total. The SMILES string of the molecule is COC(=O)CSC(SC)=C([O])c1ccccc1. The fraction of sp³-hybridized carbons (Fsp3) is 0.250. The molecule has 0 saturated heterocycles. The first kappa shape index (κ1) is 14.0. The number of rotatable bonds is 5. The van der Waals surface area contributed by atoms with Crippen molar-refractivity contribution in [2.45, 2.75) is 0 Å². The average molecular weight is 269 g/mol. The van der Waals surface area contributed by atoms with Crippen LogP contribution in [0.5, 0.6) is 0 Å². The van der Waals surface area contributed by atoms with E-state index in [0.29, 0.717) is 9.80 Å². The van der Waals surface area contributed by atoms with Crippen molar-refractivity contribution < 1.29 is 14.6 Å². The summed E-state index contributed by atoms with van der Waals surface area (Å²) in [5.74, 6) is -0.222. The predicted molar refractivity (Wildman–Crippen MR) is 72.0 cm³/mol. The lowest BCUT2D eigenvalue weighted by atomic mass is 10.2. The Hall–Kier alpha value is -1.07. The molecule has 0 amide bonds. The second-order valence-corrected chi connectivity index (χ2v) is 5.11. The summed E-state index contributed by atoms with van der Waals surface area (Å²) >= 11 is 2.56. The van der Waals surface area contributed by atoms with E-state index in [1.54, 1.807) is 12.1 Å². The fourth-order valence-electron chi connectivity index (χ4n) is 1.11. The van der Waals surface area contributed by atoms with Crippen molar-refractivity contribution in [1.29, 1.82) is 0 Å². The van der Waals surface area contributed by atoms with Crippen molar-refractivity contribution in [3.8, 4) is 0 Å². The summed E-state index contributed by atoms with van der Waals surface area (Å²) in [6.07, 6.45) is 1.82. The van der Waals surface area contributed by atoms with Crippen molar-refractivity contribution in [2.24, 2.45) is 0 Å². The Balaban J connectivity index is 2.80. The van der Waals surface area contributed by atoms with Gasteiger partial charge < -0.3 is 4.74 Å². The average Bonchev–Trinajstić information content (AvgIpc) is 2.39. The largest absolute Gasteiger partial charge is 0.468 e. The molecule has 1 radical (unpaired) electrons. The standard InChI is InChI=1S/C12H13O3S2/c1-15-10(13)8-17-12(16-2)11(14)9-6-4-3-5-7-9/h3-7H,8H2,1-2H3. The number of hydrogen-bond donors (Lipinski definition) is 0. The number of methoxy groups -OCH3 is 1. The van der Waals surface area contributed by atoms with Crippen LogP contribution in [0.2, 0.25) is 0 Å². The summed E-state index contributed by atoms with van der Waals surface area (Å²) in [7, 11) is 1.33. The van der Waals surface area contributed by atoms with Crippen LogP contribution in [0.3, 0.4) is 0 Å².